The maximum absolute atomic E-state index is 12.2. The summed E-state index contributed by atoms with van der Waals surface area (Å²) < 4.78 is 0. The van der Waals surface area contributed by atoms with Crippen molar-refractivity contribution in [2.24, 2.45) is 23.7 Å². The summed E-state index contributed by atoms with van der Waals surface area (Å²) in [6.07, 6.45) is 0. The first kappa shape index (κ1) is 26.6. The Morgan fingerprint density at radius 1 is 0.464 bits per heavy atom. The van der Waals surface area contributed by atoms with E-state index in [-0.39, 0.29) is 73.0 Å². The van der Waals surface area contributed by atoms with E-state index in [9.17, 15) is 19.2 Å². The van der Waals surface area contributed by atoms with Crippen LogP contribution >= 0.6 is 0 Å². The number of carbonyl (C=O) groups is 4. The molecule has 0 fully saturated rings. The highest BCUT2D eigenvalue weighted by molar-refractivity contribution is 5.86. The SMILES string of the molecule is CC(C)C(=O)CN(CCN(CC(=O)C(C)C)CC(=O)C(C)C)CC(=O)C(C)C. The minimum atomic E-state index is -0.0993. The molecule has 0 aliphatic rings. The van der Waals surface area contributed by atoms with Crippen LogP contribution in [0.15, 0.2) is 0 Å². The molecule has 0 heterocycles. The van der Waals surface area contributed by atoms with Gasteiger partial charge in [0.05, 0.1) is 26.2 Å². The van der Waals surface area contributed by atoms with Crippen molar-refractivity contribution in [1.29, 1.82) is 0 Å². The van der Waals surface area contributed by atoms with E-state index in [1.807, 2.05) is 65.2 Å². The molecule has 0 rings (SSSR count). The molecule has 0 amide bonds. The van der Waals surface area contributed by atoms with Crippen LogP contribution in [0.5, 0.6) is 0 Å². The first-order valence-electron chi connectivity index (χ1n) is 10.4. The lowest BCUT2D eigenvalue weighted by atomic mass is 10.1. The molecule has 0 saturated heterocycles. The van der Waals surface area contributed by atoms with E-state index < -0.39 is 0 Å². The van der Waals surface area contributed by atoms with Crippen molar-refractivity contribution in [3.8, 4) is 0 Å². The lowest BCUT2D eigenvalue weighted by molar-refractivity contribution is -0.128. The fourth-order valence-electron chi connectivity index (χ4n) is 2.32. The predicted octanol–water partition coefficient (Wildman–Crippen LogP) is 2.49. The quantitative estimate of drug-likeness (QED) is 0.423. The van der Waals surface area contributed by atoms with E-state index >= 15 is 0 Å². The van der Waals surface area contributed by atoms with Crippen LogP contribution in [-0.4, -0.2) is 72.2 Å². The second-order valence-corrected chi connectivity index (χ2v) is 8.91. The Bertz CT molecular complexity index is 447. The van der Waals surface area contributed by atoms with Gasteiger partial charge in [0, 0.05) is 36.8 Å². The third-order valence-electron chi connectivity index (χ3n) is 4.83. The smallest absolute Gasteiger partial charge is 0.149 e. The number of carbonyl (C=O) groups excluding carboxylic acids is 4. The van der Waals surface area contributed by atoms with Crippen LogP contribution in [0.3, 0.4) is 0 Å². The maximum atomic E-state index is 12.2. The minimum Gasteiger partial charge on any atom is -0.298 e. The van der Waals surface area contributed by atoms with Crippen molar-refractivity contribution < 1.29 is 19.2 Å². The van der Waals surface area contributed by atoms with Gasteiger partial charge in [-0.3, -0.25) is 29.0 Å². The van der Waals surface area contributed by atoms with Gasteiger partial charge in [-0.15, -0.1) is 0 Å². The van der Waals surface area contributed by atoms with Gasteiger partial charge in [-0.1, -0.05) is 55.4 Å². The lowest BCUT2D eigenvalue weighted by Gasteiger charge is -2.28. The third-order valence-corrected chi connectivity index (χ3v) is 4.83. The molecule has 0 spiro atoms. The molecule has 0 aromatic rings. The maximum Gasteiger partial charge on any atom is 0.149 e. The average molecular weight is 397 g/mol. The third kappa shape index (κ3) is 10.8. The molecule has 0 N–H and O–H groups in total. The molecule has 0 radical (unpaired) electrons. The van der Waals surface area contributed by atoms with E-state index in [1.165, 1.54) is 0 Å². The van der Waals surface area contributed by atoms with Gasteiger partial charge in [0.1, 0.15) is 23.1 Å². The zero-order chi connectivity index (χ0) is 22.0. The second kappa shape index (κ2) is 12.9. The normalized spacial score (nSPS) is 12.1. The van der Waals surface area contributed by atoms with E-state index in [4.69, 9.17) is 0 Å². The Morgan fingerprint density at radius 3 is 0.786 bits per heavy atom. The first-order chi connectivity index (χ1) is 12.8. The summed E-state index contributed by atoms with van der Waals surface area (Å²) in [5.74, 6) is -0.0651. The molecule has 0 bridgehead atoms. The second-order valence-electron chi connectivity index (χ2n) is 8.91. The molecule has 0 saturated carbocycles. The fraction of sp³-hybridized carbons (Fsp3) is 0.818. The summed E-state index contributed by atoms with van der Waals surface area (Å²) in [5.41, 5.74) is 0. The minimum absolute atomic E-state index is 0.0830. The number of ketones is 4. The number of hydrogen-bond donors (Lipinski definition) is 0. The average Bonchev–Trinajstić information content (AvgIpc) is 2.58. The largest absolute Gasteiger partial charge is 0.298 e. The number of hydrogen-bond acceptors (Lipinski definition) is 6. The summed E-state index contributed by atoms with van der Waals surface area (Å²) in [5, 5.41) is 0. The zero-order valence-electron chi connectivity index (χ0n) is 19.1. The Kier molecular flexibility index (Phi) is 12.3. The molecule has 28 heavy (non-hydrogen) atoms. The van der Waals surface area contributed by atoms with Crippen molar-refractivity contribution in [3.05, 3.63) is 0 Å². The van der Waals surface area contributed by atoms with E-state index in [1.54, 1.807) is 0 Å². The van der Waals surface area contributed by atoms with Gasteiger partial charge < -0.3 is 0 Å². The van der Waals surface area contributed by atoms with Gasteiger partial charge in [0.2, 0.25) is 0 Å². The molecule has 0 aromatic carbocycles. The summed E-state index contributed by atoms with van der Waals surface area (Å²) >= 11 is 0. The molecule has 0 atom stereocenters. The van der Waals surface area contributed by atoms with Crippen molar-refractivity contribution in [3.63, 3.8) is 0 Å². The van der Waals surface area contributed by atoms with Crippen molar-refractivity contribution in [2.75, 3.05) is 39.3 Å². The highest BCUT2D eigenvalue weighted by Crippen LogP contribution is 2.06. The van der Waals surface area contributed by atoms with Gasteiger partial charge in [0.15, 0.2) is 0 Å². The van der Waals surface area contributed by atoms with Crippen molar-refractivity contribution in [2.45, 2.75) is 55.4 Å². The van der Waals surface area contributed by atoms with Crippen LogP contribution < -0.4 is 0 Å². The van der Waals surface area contributed by atoms with Crippen LogP contribution in [0.1, 0.15) is 55.4 Å². The standard InChI is InChI=1S/C22H40N2O4/c1-15(2)19(25)11-23(12-20(26)16(3)4)9-10-24(13-21(27)17(5)6)14-22(28)18(7)8/h15-18H,9-14H2,1-8H3. The number of nitrogens with zero attached hydrogens (tertiary/aromatic N) is 2. The van der Waals surface area contributed by atoms with Crippen molar-refractivity contribution >= 4 is 23.1 Å². The van der Waals surface area contributed by atoms with Gasteiger partial charge in [-0.25, -0.2) is 0 Å². The van der Waals surface area contributed by atoms with Gasteiger partial charge in [-0.05, 0) is 0 Å². The molecular formula is C22H40N2O4. The highest BCUT2D eigenvalue weighted by atomic mass is 16.1. The predicted molar refractivity (Wildman–Crippen MR) is 112 cm³/mol. The Labute approximate surface area is 171 Å². The summed E-state index contributed by atoms with van der Waals surface area (Å²) in [6.45, 7) is 16.5. The summed E-state index contributed by atoms with van der Waals surface area (Å²) in [7, 11) is 0. The number of Topliss-reactive ketones (excluding diaryl/α,β-unsaturated/α-hetero) is 4. The molecule has 6 nitrogen and oxygen atoms in total. The van der Waals surface area contributed by atoms with E-state index in [2.05, 4.69) is 0 Å². The van der Waals surface area contributed by atoms with Crippen molar-refractivity contribution in [1.82, 2.24) is 9.80 Å². The monoisotopic (exact) mass is 396 g/mol. The van der Waals surface area contributed by atoms with Crippen LogP contribution in [0.2, 0.25) is 0 Å². The molecule has 162 valence electrons. The molecule has 0 aliphatic heterocycles. The van der Waals surface area contributed by atoms with Gasteiger partial charge in [0.25, 0.3) is 0 Å². The molecule has 0 aliphatic carbocycles. The zero-order valence-corrected chi connectivity index (χ0v) is 19.1. The van der Waals surface area contributed by atoms with Gasteiger partial charge in [-0.2, -0.15) is 0 Å². The topological polar surface area (TPSA) is 74.8 Å². The summed E-state index contributed by atoms with van der Waals surface area (Å²) in [4.78, 5) is 52.5. The number of rotatable bonds is 15. The first-order valence-corrected chi connectivity index (χ1v) is 10.4. The Morgan fingerprint density at radius 2 is 0.643 bits per heavy atom. The van der Waals surface area contributed by atoms with E-state index in [0.29, 0.717) is 13.1 Å². The molecule has 0 unspecified atom stereocenters. The van der Waals surface area contributed by atoms with Crippen LogP contribution in [-0.2, 0) is 19.2 Å². The highest BCUT2D eigenvalue weighted by Gasteiger charge is 2.22. The lowest BCUT2D eigenvalue weighted by Crippen LogP contribution is -2.45. The van der Waals surface area contributed by atoms with Crippen LogP contribution in [0, 0.1) is 23.7 Å². The molecule has 0 aromatic heterocycles. The van der Waals surface area contributed by atoms with Gasteiger partial charge >= 0.3 is 0 Å². The fourth-order valence-corrected chi connectivity index (χ4v) is 2.32. The van der Waals surface area contributed by atoms with Crippen LogP contribution in [0.25, 0.3) is 0 Å². The summed E-state index contributed by atoms with van der Waals surface area (Å²) in [6, 6.07) is 0. The van der Waals surface area contributed by atoms with E-state index in [0.717, 1.165) is 0 Å². The Balaban J connectivity index is 5.17. The van der Waals surface area contributed by atoms with Crippen LogP contribution in [0.4, 0.5) is 0 Å². The Hall–Kier alpha value is -1.40. The molecular weight excluding hydrogens is 356 g/mol. The molecule has 6 heteroatoms.